The summed E-state index contributed by atoms with van der Waals surface area (Å²) in [7, 11) is 1.75. The number of hydrogen-bond acceptors (Lipinski definition) is 2. The lowest BCUT2D eigenvalue weighted by Crippen LogP contribution is -2.45. The number of rotatable bonds is 5. The summed E-state index contributed by atoms with van der Waals surface area (Å²) in [6.07, 6.45) is 8.48. The van der Waals surface area contributed by atoms with E-state index in [9.17, 15) is 0 Å². The first-order valence-electron chi connectivity index (χ1n) is 7.99. The highest BCUT2D eigenvalue weighted by Crippen LogP contribution is 2.36. The fourth-order valence-corrected chi connectivity index (χ4v) is 3.55. The molecule has 0 radical (unpaired) electrons. The van der Waals surface area contributed by atoms with Crippen LogP contribution in [0.1, 0.15) is 56.6 Å². The van der Waals surface area contributed by atoms with Crippen LogP contribution in [-0.2, 0) is 6.42 Å². The van der Waals surface area contributed by atoms with Crippen molar-refractivity contribution in [1.29, 1.82) is 0 Å². The molecule has 0 aliphatic heterocycles. The number of methoxy groups -OCH3 is 1. The summed E-state index contributed by atoms with van der Waals surface area (Å²) in [4.78, 5) is 0. The maximum Gasteiger partial charge on any atom is 0.122 e. The van der Waals surface area contributed by atoms with E-state index in [0.717, 1.165) is 30.9 Å². The first kappa shape index (κ1) is 15.4. The first-order chi connectivity index (χ1) is 9.56. The van der Waals surface area contributed by atoms with Crippen molar-refractivity contribution in [2.45, 2.75) is 64.3 Å². The number of aryl methyl sites for hydroxylation is 1. The van der Waals surface area contributed by atoms with Gasteiger partial charge in [0, 0.05) is 5.54 Å². The second-order valence-corrected chi connectivity index (χ2v) is 6.59. The number of benzene rings is 1. The minimum atomic E-state index is -0.0364. The van der Waals surface area contributed by atoms with E-state index in [1.807, 2.05) is 0 Å². The molecule has 1 fully saturated rings. The predicted octanol–water partition coefficient (Wildman–Crippen LogP) is 4.23. The van der Waals surface area contributed by atoms with Crippen LogP contribution in [0.2, 0.25) is 0 Å². The average molecular weight is 275 g/mol. The summed E-state index contributed by atoms with van der Waals surface area (Å²) in [6.45, 7) is 4.41. The number of nitrogens with two attached hydrogens (primary N) is 1. The minimum absolute atomic E-state index is 0.0364. The Morgan fingerprint density at radius 1 is 1.30 bits per heavy atom. The summed E-state index contributed by atoms with van der Waals surface area (Å²) in [6, 6.07) is 6.39. The average Bonchev–Trinajstić information content (AvgIpc) is 2.42. The molecule has 0 heterocycles. The molecule has 20 heavy (non-hydrogen) atoms. The molecule has 1 aliphatic carbocycles. The first-order valence-corrected chi connectivity index (χ1v) is 7.99. The van der Waals surface area contributed by atoms with Crippen LogP contribution in [-0.4, -0.2) is 12.6 Å². The van der Waals surface area contributed by atoms with Gasteiger partial charge >= 0.3 is 0 Å². The lowest BCUT2D eigenvalue weighted by Gasteiger charge is -2.37. The van der Waals surface area contributed by atoms with Crippen LogP contribution in [0, 0.1) is 12.8 Å². The predicted molar refractivity (Wildman–Crippen MR) is 85.2 cm³/mol. The van der Waals surface area contributed by atoms with Crippen LogP contribution >= 0.6 is 0 Å². The molecule has 0 aromatic heterocycles. The maximum atomic E-state index is 6.67. The lowest BCUT2D eigenvalue weighted by atomic mass is 9.73. The molecule has 112 valence electrons. The fourth-order valence-electron chi connectivity index (χ4n) is 3.55. The zero-order chi connectivity index (χ0) is 14.6. The van der Waals surface area contributed by atoms with E-state index in [2.05, 4.69) is 32.0 Å². The molecular weight excluding hydrogens is 246 g/mol. The Labute approximate surface area is 123 Å². The van der Waals surface area contributed by atoms with Crippen LogP contribution in [0.5, 0.6) is 5.75 Å². The van der Waals surface area contributed by atoms with Gasteiger partial charge in [-0.1, -0.05) is 37.5 Å². The molecule has 0 bridgehead atoms. The van der Waals surface area contributed by atoms with E-state index in [1.54, 1.807) is 7.11 Å². The molecule has 0 unspecified atom stereocenters. The Morgan fingerprint density at radius 3 is 2.60 bits per heavy atom. The van der Waals surface area contributed by atoms with Gasteiger partial charge in [0.2, 0.25) is 0 Å². The molecule has 1 saturated carbocycles. The molecule has 2 rings (SSSR count). The van der Waals surface area contributed by atoms with Crippen molar-refractivity contribution < 1.29 is 4.74 Å². The van der Waals surface area contributed by atoms with Gasteiger partial charge < -0.3 is 10.5 Å². The van der Waals surface area contributed by atoms with Crippen molar-refractivity contribution >= 4 is 0 Å². The van der Waals surface area contributed by atoms with Gasteiger partial charge in [0.1, 0.15) is 5.75 Å². The van der Waals surface area contributed by atoms with Gasteiger partial charge in [-0.15, -0.1) is 0 Å². The van der Waals surface area contributed by atoms with E-state index in [1.165, 1.54) is 36.8 Å². The summed E-state index contributed by atoms with van der Waals surface area (Å²) < 4.78 is 5.49. The highest BCUT2D eigenvalue weighted by atomic mass is 16.5. The van der Waals surface area contributed by atoms with Gasteiger partial charge in [-0.25, -0.2) is 0 Å². The molecule has 2 heteroatoms. The van der Waals surface area contributed by atoms with Gasteiger partial charge in [0.25, 0.3) is 0 Å². The van der Waals surface area contributed by atoms with Gasteiger partial charge in [0.05, 0.1) is 7.11 Å². The topological polar surface area (TPSA) is 35.2 Å². The molecule has 1 aromatic carbocycles. The van der Waals surface area contributed by atoms with Gasteiger partial charge in [-0.05, 0) is 56.6 Å². The standard InChI is InChI=1S/C18H29NO/c1-4-5-15-8-10-18(19,11-9-15)13-16-12-14(2)6-7-17(16)20-3/h6-7,12,15H,4-5,8-11,13,19H2,1-3H3. The van der Waals surface area contributed by atoms with E-state index in [0.29, 0.717) is 0 Å². The van der Waals surface area contributed by atoms with Gasteiger partial charge in [0.15, 0.2) is 0 Å². The maximum absolute atomic E-state index is 6.67. The van der Waals surface area contributed by atoms with Crippen LogP contribution < -0.4 is 10.5 Å². The fraction of sp³-hybridized carbons (Fsp3) is 0.667. The molecular formula is C18H29NO. The quantitative estimate of drug-likeness (QED) is 0.872. The normalized spacial score (nSPS) is 26.5. The van der Waals surface area contributed by atoms with Crippen LogP contribution in [0.25, 0.3) is 0 Å². The largest absolute Gasteiger partial charge is 0.496 e. The van der Waals surface area contributed by atoms with E-state index >= 15 is 0 Å². The van der Waals surface area contributed by atoms with Crippen LogP contribution in [0.15, 0.2) is 18.2 Å². The highest BCUT2D eigenvalue weighted by molar-refractivity contribution is 5.38. The van der Waals surface area contributed by atoms with Crippen molar-refractivity contribution in [1.82, 2.24) is 0 Å². The highest BCUT2D eigenvalue weighted by Gasteiger charge is 2.32. The van der Waals surface area contributed by atoms with E-state index < -0.39 is 0 Å². The molecule has 2 nitrogen and oxygen atoms in total. The molecule has 1 aliphatic rings. The molecule has 0 amide bonds. The van der Waals surface area contributed by atoms with Crippen molar-refractivity contribution in [3.05, 3.63) is 29.3 Å². The Bertz CT molecular complexity index is 433. The van der Waals surface area contributed by atoms with E-state index in [-0.39, 0.29) is 5.54 Å². The van der Waals surface area contributed by atoms with E-state index in [4.69, 9.17) is 10.5 Å². The number of ether oxygens (including phenoxy) is 1. The zero-order valence-corrected chi connectivity index (χ0v) is 13.2. The third-order valence-corrected chi connectivity index (χ3v) is 4.78. The Hall–Kier alpha value is -1.02. The minimum Gasteiger partial charge on any atom is -0.496 e. The van der Waals surface area contributed by atoms with Crippen molar-refractivity contribution in [2.75, 3.05) is 7.11 Å². The summed E-state index contributed by atoms with van der Waals surface area (Å²) in [5.74, 6) is 1.88. The summed E-state index contributed by atoms with van der Waals surface area (Å²) in [5.41, 5.74) is 9.18. The molecule has 1 aromatic rings. The smallest absolute Gasteiger partial charge is 0.122 e. The molecule has 0 atom stereocenters. The lowest BCUT2D eigenvalue weighted by molar-refractivity contribution is 0.222. The summed E-state index contributed by atoms with van der Waals surface area (Å²) in [5, 5.41) is 0. The Balaban J connectivity index is 2.04. The zero-order valence-electron chi connectivity index (χ0n) is 13.2. The van der Waals surface area contributed by atoms with Crippen LogP contribution in [0.4, 0.5) is 0 Å². The monoisotopic (exact) mass is 275 g/mol. The second kappa shape index (κ2) is 6.62. The molecule has 2 N–H and O–H groups in total. The molecule has 0 spiro atoms. The Morgan fingerprint density at radius 2 is 2.00 bits per heavy atom. The third kappa shape index (κ3) is 3.76. The van der Waals surface area contributed by atoms with Crippen LogP contribution in [0.3, 0.4) is 0 Å². The van der Waals surface area contributed by atoms with Gasteiger partial charge in [-0.3, -0.25) is 0 Å². The number of hydrogen-bond donors (Lipinski definition) is 1. The second-order valence-electron chi connectivity index (χ2n) is 6.59. The SMILES string of the molecule is CCCC1CCC(N)(Cc2cc(C)ccc2OC)CC1. The third-order valence-electron chi connectivity index (χ3n) is 4.78. The van der Waals surface area contributed by atoms with Crippen molar-refractivity contribution in [3.63, 3.8) is 0 Å². The molecule has 0 saturated heterocycles. The van der Waals surface area contributed by atoms with Crippen molar-refractivity contribution in [2.24, 2.45) is 11.7 Å². The Kier molecular flexibility index (Phi) is 5.09. The summed E-state index contributed by atoms with van der Waals surface area (Å²) >= 11 is 0. The van der Waals surface area contributed by atoms with Crippen molar-refractivity contribution in [3.8, 4) is 5.75 Å². The van der Waals surface area contributed by atoms with Gasteiger partial charge in [-0.2, -0.15) is 0 Å².